The van der Waals surface area contributed by atoms with Gasteiger partial charge in [0.15, 0.2) is 5.13 Å². The topological polar surface area (TPSA) is 71.1 Å². The van der Waals surface area contributed by atoms with Crippen LogP contribution in [0.2, 0.25) is 0 Å². The summed E-state index contributed by atoms with van der Waals surface area (Å²) in [6.45, 7) is 2.10. The van der Waals surface area contributed by atoms with Gasteiger partial charge in [-0.15, -0.1) is 11.3 Å². The Bertz CT molecular complexity index is 1700. The standard InChI is InChI=1S/C34H27N3O2S/c1-34(19-28-24-11-5-7-13-26(24)30(34)27-14-8-6-12-25(27)28)32(39)37-33-36-29(20-40-33)21-15-17-23(18-16-21)35-31(38)22-9-3-2-4-10-22/h2-18,20,28,30H,19H2,1H3,(H,35,38)(H,36,37,39). The van der Waals surface area contributed by atoms with Gasteiger partial charge in [-0.25, -0.2) is 4.98 Å². The van der Waals surface area contributed by atoms with E-state index in [0.717, 1.165) is 17.7 Å². The van der Waals surface area contributed by atoms with Crippen LogP contribution in [0.5, 0.6) is 0 Å². The van der Waals surface area contributed by atoms with E-state index in [4.69, 9.17) is 4.98 Å². The molecule has 2 bridgehead atoms. The second-order valence-corrected chi connectivity index (χ2v) is 11.6. The molecule has 3 aliphatic carbocycles. The monoisotopic (exact) mass is 541 g/mol. The van der Waals surface area contributed by atoms with Crippen LogP contribution in [0, 0.1) is 5.41 Å². The average molecular weight is 542 g/mol. The van der Waals surface area contributed by atoms with Crippen molar-refractivity contribution in [3.05, 3.63) is 136 Å². The van der Waals surface area contributed by atoms with E-state index in [-0.39, 0.29) is 23.7 Å². The first kappa shape index (κ1) is 24.5. The molecule has 3 aliphatic rings. The van der Waals surface area contributed by atoms with E-state index in [9.17, 15) is 9.59 Å². The van der Waals surface area contributed by atoms with E-state index in [1.54, 1.807) is 12.1 Å². The Balaban J connectivity index is 1.09. The smallest absolute Gasteiger partial charge is 0.255 e. The minimum Gasteiger partial charge on any atom is -0.322 e. The molecule has 0 spiro atoms. The molecule has 0 aliphatic heterocycles. The largest absolute Gasteiger partial charge is 0.322 e. The fraction of sp³-hybridized carbons (Fsp3) is 0.147. The molecule has 8 rings (SSSR count). The lowest BCUT2D eigenvalue weighted by molar-refractivity contribution is -0.126. The summed E-state index contributed by atoms with van der Waals surface area (Å²) >= 11 is 1.43. The van der Waals surface area contributed by atoms with Gasteiger partial charge >= 0.3 is 0 Å². The van der Waals surface area contributed by atoms with Crippen molar-refractivity contribution in [1.29, 1.82) is 0 Å². The van der Waals surface area contributed by atoms with E-state index < -0.39 is 5.41 Å². The number of thiazole rings is 1. The summed E-state index contributed by atoms with van der Waals surface area (Å²) < 4.78 is 0. The highest BCUT2D eigenvalue weighted by Gasteiger charge is 2.53. The lowest BCUT2D eigenvalue weighted by Crippen LogP contribution is -2.47. The number of hydrogen-bond acceptors (Lipinski definition) is 4. The van der Waals surface area contributed by atoms with Gasteiger partial charge in [-0.3, -0.25) is 9.59 Å². The second-order valence-electron chi connectivity index (χ2n) is 10.8. The van der Waals surface area contributed by atoms with Gasteiger partial charge < -0.3 is 10.6 Å². The molecule has 6 heteroatoms. The summed E-state index contributed by atoms with van der Waals surface area (Å²) in [7, 11) is 0. The Morgan fingerprint density at radius 1 is 0.775 bits per heavy atom. The number of amides is 2. The third-order valence-corrected chi connectivity index (χ3v) is 9.11. The fourth-order valence-corrected chi connectivity index (χ4v) is 7.12. The molecule has 196 valence electrons. The molecule has 1 aromatic heterocycles. The lowest BCUT2D eigenvalue weighted by atomic mass is 9.52. The van der Waals surface area contributed by atoms with Gasteiger partial charge in [-0.1, -0.05) is 78.9 Å². The van der Waals surface area contributed by atoms with Gasteiger partial charge in [0.25, 0.3) is 5.91 Å². The van der Waals surface area contributed by atoms with Crippen LogP contribution in [0.4, 0.5) is 10.8 Å². The van der Waals surface area contributed by atoms with E-state index in [1.165, 1.54) is 33.6 Å². The number of hydrogen-bond donors (Lipinski definition) is 2. The molecule has 5 aromatic rings. The van der Waals surface area contributed by atoms with Gasteiger partial charge in [0.1, 0.15) is 0 Å². The number of fused-ring (bicyclic) bond motifs is 1. The van der Waals surface area contributed by atoms with Crippen LogP contribution in [-0.4, -0.2) is 16.8 Å². The van der Waals surface area contributed by atoms with Gasteiger partial charge in [-0.05, 0) is 59.9 Å². The lowest BCUT2D eigenvalue weighted by Gasteiger charge is -2.50. The molecule has 0 radical (unpaired) electrons. The molecular weight excluding hydrogens is 514 g/mol. The van der Waals surface area contributed by atoms with Crippen LogP contribution in [0.3, 0.4) is 0 Å². The van der Waals surface area contributed by atoms with Crippen molar-refractivity contribution < 1.29 is 9.59 Å². The summed E-state index contributed by atoms with van der Waals surface area (Å²) in [5.41, 5.74) is 7.64. The predicted octanol–water partition coefficient (Wildman–Crippen LogP) is 7.69. The van der Waals surface area contributed by atoms with Crippen molar-refractivity contribution in [1.82, 2.24) is 4.98 Å². The normalized spacial score (nSPS) is 20.3. The molecule has 5 nitrogen and oxygen atoms in total. The summed E-state index contributed by atoms with van der Waals surface area (Å²) in [4.78, 5) is 31.1. The zero-order valence-corrected chi connectivity index (χ0v) is 22.7. The van der Waals surface area contributed by atoms with E-state index in [2.05, 4.69) is 66.1 Å². The predicted molar refractivity (Wildman–Crippen MR) is 160 cm³/mol. The molecule has 1 heterocycles. The Kier molecular flexibility index (Phi) is 5.86. The van der Waals surface area contributed by atoms with Crippen LogP contribution >= 0.6 is 11.3 Å². The van der Waals surface area contributed by atoms with Crippen LogP contribution in [0.25, 0.3) is 11.3 Å². The Hall–Kier alpha value is -4.55. The van der Waals surface area contributed by atoms with Gasteiger partial charge in [0.2, 0.25) is 5.91 Å². The SMILES string of the molecule is CC1(C(=O)Nc2nc(-c3ccc(NC(=O)c4ccccc4)cc3)cs2)CC2c3ccccc3C1c1ccccc12. The van der Waals surface area contributed by atoms with Crippen LogP contribution in [0.1, 0.15) is 57.8 Å². The Morgan fingerprint density at radius 2 is 1.38 bits per heavy atom. The highest BCUT2D eigenvalue weighted by atomic mass is 32.1. The summed E-state index contributed by atoms with van der Waals surface area (Å²) in [6.07, 6.45) is 0.770. The number of benzene rings is 4. The zero-order valence-electron chi connectivity index (χ0n) is 21.9. The highest BCUT2D eigenvalue weighted by Crippen LogP contribution is 2.61. The van der Waals surface area contributed by atoms with Gasteiger partial charge in [0, 0.05) is 34.0 Å². The molecule has 0 saturated carbocycles. The number of carbonyl (C=O) groups is 2. The summed E-state index contributed by atoms with van der Waals surface area (Å²) in [5, 5.41) is 8.62. The van der Waals surface area contributed by atoms with E-state index >= 15 is 0 Å². The van der Waals surface area contributed by atoms with Crippen molar-refractivity contribution in [3.63, 3.8) is 0 Å². The van der Waals surface area contributed by atoms with Crippen LogP contribution < -0.4 is 10.6 Å². The quantitative estimate of drug-likeness (QED) is 0.240. The molecular formula is C34H27N3O2S. The zero-order chi connectivity index (χ0) is 27.3. The Labute approximate surface area is 236 Å². The molecule has 2 amide bonds. The van der Waals surface area contributed by atoms with E-state index in [1.807, 2.05) is 47.8 Å². The van der Waals surface area contributed by atoms with Crippen LogP contribution in [-0.2, 0) is 4.79 Å². The fourth-order valence-electron chi connectivity index (χ4n) is 6.41. The molecule has 2 N–H and O–H groups in total. The number of nitrogens with one attached hydrogen (secondary N) is 2. The highest BCUT2D eigenvalue weighted by molar-refractivity contribution is 7.14. The third kappa shape index (κ3) is 4.03. The first-order valence-electron chi connectivity index (χ1n) is 13.4. The van der Waals surface area contributed by atoms with Crippen molar-refractivity contribution in [2.45, 2.75) is 25.2 Å². The molecule has 1 atom stereocenters. The number of anilines is 2. The molecule has 4 aromatic carbocycles. The first-order valence-corrected chi connectivity index (χ1v) is 14.3. The number of rotatable bonds is 5. The third-order valence-electron chi connectivity index (χ3n) is 8.35. The number of carbonyl (C=O) groups excluding carboxylic acids is 2. The maximum absolute atomic E-state index is 13.9. The summed E-state index contributed by atoms with van der Waals surface area (Å²) in [5.74, 6) is 0.0671. The van der Waals surface area contributed by atoms with Crippen molar-refractivity contribution >= 4 is 34.0 Å². The first-order chi connectivity index (χ1) is 19.5. The minimum absolute atomic E-state index is 0.00275. The molecule has 40 heavy (non-hydrogen) atoms. The van der Waals surface area contributed by atoms with E-state index in [0.29, 0.717) is 16.4 Å². The van der Waals surface area contributed by atoms with Gasteiger partial charge in [0.05, 0.1) is 11.1 Å². The van der Waals surface area contributed by atoms with Crippen molar-refractivity contribution in [2.24, 2.45) is 5.41 Å². The molecule has 1 unspecified atom stereocenters. The second kappa shape index (κ2) is 9.57. The maximum atomic E-state index is 13.9. The average Bonchev–Trinajstić information content (AvgIpc) is 3.46. The van der Waals surface area contributed by atoms with Crippen LogP contribution in [0.15, 0.2) is 109 Å². The summed E-state index contributed by atoms with van der Waals surface area (Å²) in [6, 6.07) is 33.8. The number of nitrogens with zero attached hydrogens (tertiary/aromatic N) is 1. The van der Waals surface area contributed by atoms with Crippen molar-refractivity contribution in [3.8, 4) is 11.3 Å². The number of aromatic nitrogens is 1. The van der Waals surface area contributed by atoms with Gasteiger partial charge in [-0.2, -0.15) is 0 Å². The Morgan fingerprint density at radius 3 is 2.02 bits per heavy atom. The molecule has 0 saturated heterocycles. The molecule has 0 fully saturated rings. The van der Waals surface area contributed by atoms with Crippen molar-refractivity contribution in [2.75, 3.05) is 10.6 Å². The maximum Gasteiger partial charge on any atom is 0.255 e. The minimum atomic E-state index is -0.586.